The van der Waals surface area contributed by atoms with Crippen LogP contribution in [0.3, 0.4) is 0 Å². The molecule has 0 aromatic heterocycles. The number of carbonyl (C=O) groups is 1. The third-order valence-electron chi connectivity index (χ3n) is 3.46. The van der Waals surface area contributed by atoms with Crippen LogP contribution in [0.5, 0.6) is 0 Å². The molecule has 0 unspecified atom stereocenters. The minimum Gasteiger partial charge on any atom is -0.379 e. The first-order valence-corrected chi connectivity index (χ1v) is 8.16. The smallest absolute Gasteiger partial charge is 0.243 e. The molecular weight excluding hydrogens is 282 g/mol. The van der Waals surface area contributed by atoms with Crippen LogP contribution in [0, 0.1) is 0 Å². The molecule has 0 atom stereocenters. The normalized spacial score (nSPS) is 16.4. The topological polar surface area (TPSA) is 69.2 Å². The molecule has 22 heavy (non-hydrogen) atoms. The summed E-state index contributed by atoms with van der Waals surface area (Å²) in [5.74, 6) is 0.727. The Morgan fingerprint density at radius 2 is 1.91 bits per heavy atom. The molecule has 1 fully saturated rings. The molecule has 0 radical (unpaired) electrons. The van der Waals surface area contributed by atoms with E-state index in [1.165, 1.54) is 0 Å². The SMILES string of the molecule is CCCNC(=NCC(=O)N(C)C)NCCCN1CCOCC1. The zero-order valence-corrected chi connectivity index (χ0v) is 14.2. The van der Waals surface area contributed by atoms with Crippen molar-refractivity contribution in [1.29, 1.82) is 0 Å². The number of ether oxygens (including phenoxy) is 1. The molecule has 0 spiro atoms. The van der Waals surface area contributed by atoms with Crippen LogP contribution in [-0.2, 0) is 9.53 Å². The average molecular weight is 313 g/mol. The summed E-state index contributed by atoms with van der Waals surface area (Å²) < 4.78 is 5.34. The third kappa shape index (κ3) is 8.19. The van der Waals surface area contributed by atoms with E-state index in [1.54, 1.807) is 19.0 Å². The number of nitrogens with zero attached hydrogens (tertiary/aromatic N) is 3. The Labute approximate surface area is 134 Å². The number of morpholine rings is 1. The van der Waals surface area contributed by atoms with E-state index in [-0.39, 0.29) is 12.5 Å². The number of hydrogen-bond acceptors (Lipinski definition) is 4. The van der Waals surface area contributed by atoms with Crippen LogP contribution in [0.2, 0.25) is 0 Å². The molecule has 1 saturated heterocycles. The van der Waals surface area contributed by atoms with E-state index < -0.39 is 0 Å². The summed E-state index contributed by atoms with van der Waals surface area (Å²) in [7, 11) is 3.49. The number of aliphatic imine (C=N–C) groups is 1. The van der Waals surface area contributed by atoms with Crippen LogP contribution in [0.1, 0.15) is 19.8 Å². The van der Waals surface area contributed by atoms with Crippen molar-refractivity contribution in [3.8, 4) is 0 Å². The molecule has 0 bridgehead atoms. The number of guanidine groups is 1. The van der Waals surface area contributed by atoms with Crippen LogP contribution in [0.15, 0.2) is 4.99 Å². The molecule has 0 aliphatic carbocycles. The highest BCUT2D eigenvalue weighted by Gasteiger charge is 2.09. The predicted octanol–water partition coefficient (Wildman–Crippen LogP) is -0.258. The van der Waals surface area contributed by atoms with Gasteiger partial charge in [0.25, 0.3) is 0 Å². The fourth-order valence-corrected chi connectivity index (χ4v) is 2.04. The molecule has 1 aliphatic heterocycles. The van der Waals surface area contributed by atoms with Crippen molar-refractivity contribution in [2.75, 3.05) is 66.6 Å². The van der Waals surface area contributed by atoms with Gasteiger partial charge in [-0.15, -0.1) is 0 Å². The third-order valence-corrected chi connectivity index (χ3v) is 3.46. The highest BCUT2D eigenvalue weighted by Crippen LogP contribution is 1.97. The number of nitrogens with one attached hydrogen (secondary N) is 2. The van der Waals surface area contributed by atoms with Crippen LogP contribution >= 0.6 is 0 Å². The van der Waals surface area contributed by atoms with Gasteiger partial charge in [-0.25, -0.2) is 4.99 Å². The zero-order chi connectivity index (χ0) is 16.2. The van der Waals surface area contributed by atoms with Gasteiger partial charge in [0.05, 0.1) is 13.2 Å². The predicted molar refractivity (Wildman–Crippen MR) is 89.2 cm³/mol. The monoisotopic (exact) mass is 313 g/mol. The molecule has 0 aromatic rings. The molecule has 2 N–H and O–H groups in total. The lowest BCUT2D eigenvalue weighted by Crippen LogP contribution is -2.41. The minimum absolute atomic E-state index is 0.00548. The summed E-state index contributed by atoms with van der Waals surface area (Å²) in [6.45, 7) is 8.76. The average Bonchev–Trinajstić information content (AvgIpc) is 2.53. The first-order valence-electron chi connectivity index (χ1n) is 8.16. The van der Waals surface area contributed by atoms with Crippen LogP contribution < -0.4 is 10.6 Å². The fourth-order valence-electron chi connectivity index (χ4n) is 2.04. The summed E-state index contributed by atoms with van der Waals surface area (Å²) >= 11 is 0. The van der Waals surface area contributed by atoms with E-state index in [0.29, 0.717) is 0 Å². The second kappa shape index (κ2) is 11.3. The van der Waals surface area contributed by atoms with E-state index in [9.17, 15) is 4.79 Å². The Morgan fingerprint density at radius 3 is 2.55 bits per heavy atom. The number of carbonyl (C=O) groups excluding carboxylic acids is 1. The van der Waals surface area contributed by atoms with Gasteiger partial charge in [0.1, 0.15) is 6.54 Å². The van der Waals surface area contributed by atoms with Gasteiger partial charge in [-0.2, -0.15) is 0 Å². The van der Waals surface area contributed by atoms with E-state index in [4.69, 9.17) is 4.74 Å². The molecule has 1 rings (SSSR count). The van der Waals surface area contributed by atoms with Crippen LogP contribution in [0.25, 0.3) is 0 Å². The van der Waals surface area contributed by atoms with Crippen molar-refractivity contribution in [3.05, 3.63) is 0 Å². The molecule has 128 valence electrons. The van der Waals surface area contributed by atoms with Gasteiger partial charge >= 0.3 is 0 Å². The largest absolute Gasteiger partial charge is 0.379 e. The van der Waals surface area contributed by atoms with Gasteiger partial charge in [-0.05, 0) is 19.4 Å². The molecule has 7 heteroatoms. The van der Waals surface area contributed by atoms with Gasteiger partial charge in [0.2, 0.25) is 5.91 Å². The number of likely N-dealkylation sites (N-methyl/N-ethyl adjacent to an activating group) is 1. The van der Waals surface area contributed by atoms with Crippen LogP contribution in [-0.4, -0.2) is 88.2 Å². The second-order valence-corrected chi connectivity index (χ2v) is 5.61. The number of hydrogen-bond donors (Lipinski definition) is 2. The van der Waals surface area contributed by atoms with E-state index in [0.717, 1.165) is 64.7 Å². The van der Waals surface area contributed by atoms with Crippen molar-refractivity contribution >= 4 is 11.9 Å². The maximum absolute atomic E-state index is 11.6. The van der Waals surface area contributed by atoms with Gasteiger partial charge in [-0.3, -0.25) is 9.69 Å². The highest BCUT2D eigenvalue weighted by molar-refractivity contribution is 5.84. The Kier molecular flexibility index (Phi) is 9.57. The summed E-state index contributed by atoms with van der Waals surface area (Å²) in [4.78, 5) is 19.9. The Bertz CT molecular complexity index is 341. The maximum atomic E-state index is 11.6. The van der Waals surface area contributed by atoms with Crippen molar-refractivity contribution in [2.24, 2.45) is 4.99 Å². The zero-order valence-electron chi connectivity index (χ0n) is 14.2. The lowest BCUT2D eigenvalue weighted by Gasteiger charge is -2.26. The van der Waals surface area contributed by atoms with Crippen molar-refractivity contribution in [1.82, 2.24) is 20.4 Å². The molecule has 0 saturated carbocycles. The van der Waals surface area contributed by atoms with Crippen molar-refractivity contribution < 1.29 is 9.53 Å². The first kappa shape index (κ1) is 18.7. The van der Waals surface area contributed by atoms with Gasteiger partial charge < -0.3 is 20.3 Å². The molecule has 0 aromatic carbocycles. The highest BCUT2D eigenvalue weighted by atomic mass is 16.5. The fraction of sp³-hybridized carbons (Fsp3) is 0.867. The summed E-state index contributed by atoms with van der Waals surface area (Å²) in [5, 5.41) is 6.54. The van der Waals surface area contributed by atoms with Crippen molar-refractivity contribution in [2.45, 2.75) is 19.8 Å². The van der Waals surface area contributed by atoms with Crippen molar-refractivity contribution in [3.63, 3.8) is 0 Å². The Morgan fingerprint density at radius 1 is 1.23 bits per heavy atom. The molecule has 7 nitrogen and oxygen atoms in total. The summed E-state index contributed by atoms with van der Waals surface area (Å²) in [5.41, 5.74) is 0. The van der Waals surface area contributed by atoms with E-state index >= 15 is 0 Å². The molecule has 1 aliphatic rings. The van der Waals surface area contributed by atoms with Gasteiger partial charge in [0.15, 0.2) is 5.96 Å². The lowest BCUT2D eigenvalue weighted by atomic mass is 10.3. The Hall–Kier alpha value is -1.34. The standard InChI is InChI=1S/C15H31N5O2/c1-4-6-16-15(18-13-14(21)19(2)3)17-7-5-8-20-9-11-22-12-10-20/h4-13H2,1-3H3,(H2,16,17,18). The number of rotatable bonds is 8. The van der Waals surface area contributed by atoms with E-state index in [1.807, 2.05) is 0 Å². The second-order valence-electron chi connectivity index (χ2n) is 5.61. The molecule has 1 amide bonds. The quantitative estimate of drug-likeness (QED) is 0.367. The summed E-state index contributed by atoms with van der Waals surface area (Å²) in [6, 6.07) is 0. The minimum atomic E-state index is 0.00548. The molecule has 1 heterocycles. The Balaban J connectivity index is 2.27. The van der Waals surface area contributed by atoms with Gasteiger partial charge in [-0.1, -0.05) is 6.92 Å². The van der Waals surface area contributed by atoms with Crippen LogP contribution in [0.4, 0.5) is 0 Å². The molecular formula is C15H31N5O2. The lowest BCUT2D eigenvalue weighted by molar-refractivity contribution is -0.127. The van der Waals surface area contributed by atoms with Gasteiger partial charge in [0, 0.05) is 40.3 Å². The summed E-state index contributed by atoms with van der Waals surface area (Å²) in [6.07, 6.45) is 2.07. The number of amides is 1. The first-order chi connectivity index (χ1) is 10.6. The van der Waals surface area contributed by atoms with E-state index in [2.05, 4.69) is 27.4 Å². The maximum Gasteiger partial charge on any atom is 0.243 e.